The minimum atomic E-state index is -3.03. The molecule has 1 N–H and O–H groups in total. The van der Waals surface area contributed by atoms with Gasteiger partial charge in [-0.1, -0.05) is 34.8 Å². The molecule has 0 bridgehead atoms. The van der Waals surface area contributed by atoms with E-state index in [0.29, 0.717) is 6.42 Å². The minimum absolute atomic E-state index is 0.0354. The Morgan fingerprint density at radius 1 is 1.24 bits per heavy atom. The summed E-state index contributed by atoms with van der Waals surface area (Å²) in [6.45, 7) is -0.284. The molecular weight excluding hydrogens is 361 g/mol. The second-order valence-electron chi connectivity index (χ2n) is 4.65. The van der Waals surface area contributed by atoms with E-state index < -0.39 is 15.7 Å². The van der Waals surface area contributed by atoms with Gasteiger partial charge in [-0.05, 0) is 12.5 Å². The number of rotatable bonds is 4. The van der Waals surface area contributed by atoms with Crippen molar-refractivity contribution in [1.29, 1.82) is 0 Å². The highest BCUT2D eigenvalue weighted by atomic mass is 35.5. The molecule has 21 heavy (non-hydrogen) atoms. The highest BCUT2D eigenvalue weighted by Gasteiger charge is 2.28. The predicted molar refractivity (Wildman–Crippen MR) is 82.2 cm³/mol. The van der Waals surface area contributed by atoms with E-state index in [0.717, 1.165) is 0 Å². The lowest BCUT2D eigenvalue weighted by atomic mass is 10.2. The number of benzene rings is 1. The normalized spacial score (nSPS) is 20.2. The number of nitrogens with one attached hydrogen (secondary N) is 1. The van der Waals surface area contributed by atoms with Crippen molar-refractivity contribution in [3.05, 3.63) is 27.2 Å². The van der Waals surface area contributed by atoms with Gasteiger partial charge in [-0.25, -0.2) is 8.42 Å². The second kappa shape index (κ2) is 6.60. The monoisotopic (exact) mass is 371 g/mol. The largest absolute Gasteiger partial charge is 0.482 e. The molecule has 1 aliphatic rings. The summed E-state index contributed by atoms with van der Waals surface area (Å²) in [5, 5.41) is 3.39. The fourth-order valence-corrected chi connectivity index (χ4v) is 4.20. The molecule has 9 heteroatoms. The second-order valence-corrected chi connectivity index (χ2v) is 8.10. The quantitative estimate of drug-likeness (QED) is 0.823. The van der Waals surface area contributed by atoms with Crippen molar-refractivity contribution in [3.63, 3.8) is 0 Å². The molecule has 1 aliphatic heterocycles. The zero-order chi connectivity index (χ0) is 15.6. The summed E-state index contributed by atoms with van der Waals surface area (Å²) in [5.41, 5.74) is 0. The van der Waals surface area contributed by atoms with Gasteiger partial charge in [0.2, 0.25) is 0 Å². The molecule has 116 valence electrons. The Bertz CT molecular complexity index is 663. The van der Waals surface area contributed by atoms with Crippen LogP contribution in [0.15, 0.2) is 12.1 Å². The molecule has 0 unspecified atom stereocenters. The molecule has 0 radical (unpaired) electrons. The fraction of sp³-hybridized carbons (Fsp3) is 0.417. The van der Waals surface area contributed by atoms with Crippen molar-refractivity contribution >= 4 is 50.5 Å². The maximum atomic E-state index is 11.7. The number of amides is 1. The number of hydrogen-bond acceptors (Lipinski definition) is 4. The molecular formula is C12H12Cl3NO4S. The molecule has 0 aromatic heterocycles. The fourth-order valence-electron chi connectivity index (χ4n) is 1.94. The first kappa shape index (κ1) is 16.7. The molecule has 1 heterocycles. The molecule has 2 rings (SSSR count). The van der Waals surface area contributed by atoms with Gasteiger partial charge in [0.15, 0.2) is 16.4 Å². The van der Waals surface area contributed by atoms with Crippen LogP contribution in [0.4, 0.5) is 0 Å². The van der Waals surface area contributed by atoms with Crippen molar-refractivity contribution in [1.82, 2.24) is 5.32 Å². The number of hydrogen-bond donors (Lipinski definition) is 1. The Labute approximate surface area is 137 Å². The summed E-state index contributed by atoms with van der Waals surface area (Å²) >= 11 is 17.5. The van der Waals surface area contributed by atoms with Crippen molar-refractivity contribution in [2.75, 3.05) is 18.1 Å². The van der Waals surface area contributed by atoms with Crippen LogP contribution in [-0.4, -0.2) is 38.5 Å². The van der Waals surface area contributed by atoms with Gasteiger partial charge < -0.3 is 10.1 Å². The number of halogens is 3. The van der Waals surface area contributed by atoms with Crippen LogP contribution in [0, 0.1) is 0 Å². The number of carbonyl (C=O) groups excluding carboxylic acids is 1. The van der Waals surface area contributed by atoms with Crippen molar-refractivity contribution in [2.45, 2.75) is 12.5 Å². The molecule has 1 atom stereocenters. The van der Waals surface area contributed by atoms with Crippen molar-refractivity contribution in [3.8, 4) is 5.75 Å². The Morgan fingerprint density at radius 2 is 1.90 bits per heavy atom. The van der Waals surface area contributed by atoms with E-state index in [4.69, 9.17) is 39.5 Å². The maximum absolute atomic E-state index is 11.7. The van der Waals surface area contributed by atoms with Gasteiger partial charge in [-0.2, -0.15) is 0 Å². The molecule has 1 saturated heterocycles. The van der Waals surface area contributed by atoms with Gasteiger partial charge in [0, 0.05) is 12.1 Å². The third-order valence-electron chi connectivity index (χ3n) is 2.93. The van der Waals surface area contributed by atoms with Gasteiger partial charge in [-0.3, -0.25) is 4.79 Å². The molecule has 0 spiro atoms. The van der Waals surface area contributed by atoms with E-state index in [1.54, 1.807) is 0 Å². The standard InChI is InChI=1S/C12H12Cl3NO4S/c13-8-3-10(15)11(4-9(8)14)20-5-12(17)16-7-1-2-21(18,19)6-7/h3-4,7H,1-2,5-6H2,(H,16,17)/t7-/m0/s1. The van der Waals surface area contributed by atoms with E-state index in [9.17, 15) is 13.2 Å². The number of ether oxygens (including phenoxy) is 1. The Kier molecular flexibility index (Phi) is 5.24. The Morgan fingerprint density at radius 3 is 2.52 bits per heavy atom. The highest BCUT2D eigenvalue weighted by molar-refractivity contribution is 7.91. The summed E-state index contributed by atoms with van der Waals surface area (Å²) in [6.07, 6.45) is 0.418. The highest BCUT2D eigenvalue weighted by Crippen LogP contribution is 2.33. The lowest BCUT2D eigenvalue weighted by Gasteiger charge is -2.12. The van der Waals surface area contributed by atoms with E-state index >= 15 is 0 Å². The van der Waals surface area contributed by atoms with Crippen LogP contribution in [0.1, 0.15) is 6.42 Å². The summed E-state index contributed by atoms with van der Waals surface area (Å²) in [7, 11) is -3.03. The third-order valence-corrected chi connectivity index (χ3v) is 5.72. The predicted octanol–water partition coefficient (Wildman–Crippen LogP) is 2.33. The first-order valence-corrected chi connectivity index (χ1v) is 8.99. The van der Waals surface area contributed by atoms with Crippen LogP contribution in [0.3, 0.4) is 0 Å². The molecule has 1 fully saturated rings. The minimum Gasteiger partial charge on any atom is -0.482 e. The lowest BCUT2D eigenvalue weighted by molar-refractivity contribution is -0.123. The maximum Gasteiger partial charge on any atom is 0.258 e. The number of carbonyl (C=O) groups is 1. The molecule has 0 saturated carbocycles. The van der Waals surface area contributed by atoms with Gasteiger partial charge in [0.1, 0.15) is 5.75 Å². The molecule has 1 aromatic carbocycles. The van der Waals surface area contributed by atoms with Crippen molar-refractivity contribution in [2.24, 2.45) is 0 Å². The van der Waals surface area contributed by atoms with E-state index in [1.165, 1.54) is 12.1 Å². The van der Waals surface area contributed by atoms with Gasteiger partial charge in [-0.15, -0.1) is 0 Å². The zero-order valence-corrected chi connectivity index (χ0v) is 13.8. The summed E-state index contributed by atoms with van der Waals surface area (Å²) in [4.78, 5) is 11.7. The number of sulfone groups is 1. The Hall–Kier alpha value is -0.690. The van der Waals surface area contributed by atoms with Crippen LogP contribution in [0.5, 0.6) is 5.75 Å². The van der Waals surface area contributed by atoms with Gasteiger partial charge >= 0.3 is 0 Å². The Balaban J connectivity index is 1.89. The van der Waals surface area contributed by atoms with Crippen LogP contribution < -0.4 is 10.1 Å². The van der Waals surface area contributed by atoms with Crippen LogP contribution in [0.25, 0.3) is 0 Å². The summed E-state index contributed by atoms with van der Waals surface area (Å²) in [6, 6.07) is 2.47. The van der Waals surface area contributed by atoms with E-state index in [1.807, 2.05) is 0 Å². The van der Waals surface area contributed by atoms with E-state index in [-0.39, 0.29) is 45.0 Å². The summed E-state index contributed by atoms with van der Waals surface area (Å²) in [5.74, 6) is -0.122. The molecule has 5 nitrogen and oxygen atoms in total. The zero-order valence-electron chi connectivity index (χ0n) is 10.7. The third kappa shape index (κ3) is 4.64. The average molecular weight is 373 g/mol. The van der Waals surface area contributed by atoms with Crippen molar-refractivity contribution < 1.29 is 17.9 Å². The van der Waals surface area contributed by atoms with Gasteiger partial charge in [0.05, 0.1) is 26.6 Å². The van der Waals surface area contributed by atoms with Gasteiger partial charge in [0.25, 0.3) is 5.91 Å². The molecule has 0 aliphatic carbocycles. The first-order valence-electron chi connectivity index (χ1n) is 6.04. The smallest absolute Gasteiger partial charge is 0.258 e. The topological polar surface area (TPSA) is 72.5 Å². The average Bonchev–Trinajstić information content (AvgIpc) is 2.71. The van der Waals surface area contributed by atoms with Crippen LogP contribution in [-0.2, 0) is 14.6 Å². The lowest BCUT2D eigenvalue weighted by Crippen LogP contribution is -2.38. The molecule has 1 amide bonds. The van der Waals surface area contributed by atoms with Crippen LogP contribution in [0.2, 0.25) is 15.1 Å². The molecule has 1 aromatic rings. The van der Waals surface area contributed by atoms with Crippen LogP contribution >= 0.6 is 34.8 Å². The SMILES string of the molecule is O=C(COc1cc(Cl)c(Cl)cc1Cl)N[C@H]1CCS(=O)(=O)C1. The first-order chi connectivity index (χ1) is 9.77. The van der Waals surface area contributed by atoms with E-state index in [2.05, 4.69) is 5.32 Å². The summed E-state index contributed by atoms with van der Waals surface area (Å²) < 4.78 is 27.8.